The zero-order chi connectivity index (χ0) is 3.41. The third-order valence-electron chi connectivity index (χ3n) is 0.0945. The molecule has 0 spiro atoms. The van der Waals surface area contributed by atoms with Crippen LogP contribution in [0.4, 0.5) is 0 Å². The molecule has 0 aliphatic carbocycles. The standard InChI is InChI=1S/C2H4ClGe/c3-1-2-4/h1-2H2. The van der Waals surface area contributed by atoms with Crippen LogP contribution in [0, 0.1) is 0 Å². The summed E-state index contributed by atoms with van der Waals surface area (Å²) in [4.78, 5) is 0. The van der Waals surface area contributed by atoms with Gasteiger partial charge in [-0.15, -0.1) is 0 Å². The van der Waals surface area contributed by atoms with Crippen LogP contribution >= 0.6 is 11.6 Å². The summed E-state index contributed by atoms with van der Waals surface area (Å²) < 4.78 is 0. The van der Waals surface area contributed by atoms with Gasteiger partial charge >= 0.3 is 39.2 Å². The van der Waals surface area contributed by atoms with E-state index in [4.69, 9.17) is 11.6 Å². The Labute approximate surface area is 39.8 Å². The van der Waals surface area contributed by atoms with Crippen LogP contribution < -0.4 is 0 Å². The molecule has 0 aromatic carbocycles. The van der Waals surface area contributed by atoms with E-state index in [-0.39, 0.29) is 0 Å². The maximum atomic E-state index is 5.19. The van der Waals surface area contributed by atoms with E-state index in [0.29, 0.717) is 0 Å². The number of halogens is 1. The molecule has 0 aliphatic rings. The molecule has 4 heavy (non-hydrogen) atoms. The van der Waals surface area contributed by atoms with E-state index in [9.17, 15) is 0 Å². The van der Waals surface area contributed by atoms with Crippen LogP contribution in [-0.2, 0) is 0 Å². The van der Waals surface area contributed by atoms with Crippen LogP contribution in [0.1, 0.15) is 0 Å². The van der Waals surface area contributed by atoms with Crippen molar-refractivity contribution in [3.8, 4) is 0 Å². The summed E-state index contributed by atoms with van der Waals surface area (Å²) in [6.45, 7) is 0. The van der Waals surface area contributed by atoms with Gasteiger partial charge < -0.3 is 0 Å². The summed E-state index contributed by atoms with van der Waals surface area (Å²) in [6.07, 6.45) is 0. The second kappa shape index (κ2) is 3.83. The average molecular weight is 136 g/mol. The van der Waals surface area contributed by atoms with Gasteiger partial charge in [-0.25, -0.2) is 0 Å². The summed E-state index contributed by atoms with van der Waals surface area (Å²) in [5.41, 5.74) is 0. The summed E-state index contributed by atoms with van der Waals surface area (Å²) >= 11 is 7.23. The molecular weight excluding hydrogens is 132 g/mol. The van der Waals surface area contributed by atoms with Crippen molar-refractivity contribution in [1.29, 1.82) is 0 Å². The molecule has 0 saturated heterocycles. The van der Waals surface area contributed by atoms with Gasteiger partial charge in [-0.1, -0.05) is 0 Å². The van der Waals surface area contributed by atoms with Crippen molar-refractivity contribution in [1.82, 2.24) is 0 Å². The van der Waals surface area contributed by atoms with Crippen LogP contribution in [0.25, 0.3) is 0 Å². The van der Waals surface area contributed by atoms with Gasteiger partial charge in [-0.3, -0.25) is 0 Å². The molecule has 2 heteroatoms. The number of hydrogen-bond acceptors (Lipinski definition) is 0. The van der Waals surface area contributed by atoms with Gasteiger partial charge in [0.15, 0.2) is 0 Å². The topological polar surface area (TPSA) is 0 Å². The molecule has 0 rings (SSSR count). The Hall–Kier alpha value is 0.833. The van der Waals surface area contributed by atoms with Gasteiger partial charge in [-0.05, 0) is 0 Å². The molecule has 0 aromatic rings. The number of alkyl halides is 1. The molecule has 0 amide bonds. The van der Waals surface area contributed by atoms with E-state index < -0.39 is 0 Å². The normalized spacial score (nSPS) is 7.50. The SMILES string of the molecule is ClC[CH2][Ge]. The Kier molecular flexibility index (Phi) is 4.63. The van der Waals surface area contributed by atoms with Gasteiger partial charge in [0.1, 0.15) is 0 Å². The van der Waals surface area contributed by atoms with Crippen LogP contribution in [-0.4, -0.2) is 22.4 Å². The van der Waals surface area contributed by atoms with Crippen molar-refractivity contribution in [2.45, 2.75) is 5.25 Å². The van der Waals surface area contributed by atoms with Crippen molar-refractivity contribution < 1.29 is 0 Å². The Morgan fingerprint density at radius 2 is 2.00 bits per heavy atom. The minimum absolute atomic E-state index is 0.792. The van der Waals surface area contributed by atoms with E-state index in [1.807, 2.05) is 16.5 Å². The average Bonchev–Trinajstić information content (AvgIpc) is 1.37. The molecule has 0 saturated carbocycles. The summed E-state index contributed by atoms with van der Waals surface area (Å²) in [6, 6.07) is 0. The number of rotatable bonds is 1. The van der Waals surface area contributed by atoms with Crippen LogP contribution in [0.15, 0.2) is 0 Å². The molecule has 3 radical (unpaired) electrons. The summed E-state index contributed by atoms with van der Waals surface area (Å²) in [7, 11) is 0. The third-order valence-corrected chi connectivity index (χ3v) is 1.47. The second-order valence-electron chi connectivity index (χ2n) is 0.439. The fourth-order valence-electron chi connectivity index (χ4n) is 0. The maximum absolute atomic E-state index is 5.19. The first kappa shape index (κ1) is 4.83. The van der Waals surface area contributed by atoms with Crippen molar-refractivity contribution in [2.24, 2.45) is 0 Å². The first-order chi connectivity index (χ1) is 1.91. The van der Waals surface area contributed by atoms with Crippen molar-refractivity contribution in [2.75, 3.05) is 5.88 Å². The molecular formula is C2H4ClGe. The van der Waals surface area contributed by atoms with Gasteiger partial charge in [0.25, 0.3) is 0 Å². The van der Waals surface area contributed by atoms with Crippen LogP contribution in [0.2, 0.25) is 5.25 Å². The van der Waals surface area contributed by atoms with E-state index in [1.165, 1.54) is 0 Å². The fourth-order valence-corrected chi connectivity index (χ4v) is 0. The Balaban J connectivity index is 1.97. The molecule has 0 nitrogen and oxygen atoms in total. The Morgan fingerprint density at radius 1 is 1.75 bits per heavy atom. The van der Waals surface area contributed by atoms with E-state index in [2.05, 4.69) is 0 Å². The van der Waals surface area contributed by atoms with Crippen molar-refractivity contribution in [3.63, 3.8) is 0 Å². The molecule has 0 N–H and O–H groups in total. The van der Waals surface area contributed by atoms with Gasteiger partial charge in [0.05, 0.1) is 0 Å². The second-order valence-corrected chi connectivity index (χ2v) is 1.87. The molecule has 0 bridgehead atoms. The first-order valence-corrected chi connectivity index (χ1v) is 3.14. The first-order valence-electron chi connectivity index (χ1n) is 1.12. The monoisotopic (exact) mass is 137 g/mol. The number of hydrogen-bond donors (Lipinski definition) is 0. The molecule has 23 valence electrons. The minimum atomic E-state index is 0.792. The predicted molar refractivity (Wildman–Crippen MR) is 21.3 cm³/mol. The third kappa shape index (κ3) is 2.83. The quantitative estimate of drug-likeness (QED) is 0.369. The van der Waals surface area contributed by atoms with Crippen LogP contribution in [0.3, 0.4) is 0 Å². The van der Waals surface area contributed by atoms with Gasteiger partial charge in [-0.2, -0.15) is 0 Å². The van der Waals surface area contributed by atoms with E-state index in [1.54, 1.807) is 0 Å². The zero-order valence-electron chi connectivity index (χ0n) is 2.29. The van der Waals surface area contributed by atoms with Crippen LogP contribution in [0.5, 0.6) is 0 Å². The Bertz CT molecular complexity index is 8.00. The van der Waals surface area contributed by atoms with Crippen molar-refractivity contribution in [3.05, 3.63) is 0 Å². The zero-order valence-corrected chi connectivity index (χ0v) is 5.15. The Morgan fingerprint density at radius 3 is 2.00 bits per heavy atom. The summed E-state index contributed by atoms with van der Waals surface area (Å²) in [5.74, 6) is 0.792. The van der Waals surface area contributed by atoms with E-state index >= 15 is 0 Å². The predicted octanol–water partition coefficient (Wildman–Crippen LogP) is 0.812. The molecule has 0 heterocycles. The van der Waals surface area contributed by atoms with E-state index in [0.717, 1.165) is 11.1 Å². The van der Waals surface area contributed by atoms with Gasteiger partial charge in [0, 0.05) is 0 Å². The fraction of sp³-hybridized carbons (Fsp3) is 1.00. The summed E-state index contributed by atoms with van der Waals surface area (Å²) in [5, 5.41) is 1.08. The molecule has 0 fully saturated rings. The molecule has 0 unspecified atom stereocenters. The van der Waals surface area contributed by atoms with Gasteiger partial charge in [0.2, 0.25) is 0 Å². The molecule has 0 aromatic heterocycles. The van der Waals surface area contributed by atoms with Crippen molar-refractivity contribution >= 4 is 28.1 Å². The molecule has 0 aliphatic heterocycles. The molecule has 0 atom stereocenters.